The summed E-state index contributed by atoms with van der Waals surface area (Å²) in [5.41, 5.74) is 5.10. The van der Waals surface area contributed by atoms with Gasteiger partial charge in [0, 0.05) is 5.02 Å². The lowest BCUT2D eigenvalue weighted by Gasteiger charge is -2.15. The molecule has 0 saturated heterocycles. The van der Waals surface area contributed by atoms with Crippen LogP contribution in [0.1, 0.15) is 29.2 Å². The van der Waals surface area contributed by atoms with Gasteiger partial charge in [-0.2, -0.15) is 0 Å². The fourth-order valence-electron chi connectivity index (χ4n) is 2.72. The van der Waals surface area contributed by atoms with Crippen molar-refractivity contribution in [1.82, 2.24) is 4.98 Å². The van der Waals surface area contributed by atoms with Crippen molar-refractivity contribution in [3.8, 4) is 5.75 Å². The Hall–Kier alpha value is -2.11. The van der Waals surface area contributed by atoms with Gasteiger partial charge in [0.1, 0.15) is 5.75 Å². The summed E-state index contributed by atoms with van der Waals surface area (Å²) in [6.45, 7) is 9.65. The number of anilines is 1. The second kappa shape index (κ2) is 7.25. The third-order valence-electron chi connectivity index (χ3n) is 4.41. The molecule has 1 N–H and O–H groups in total. The van der Waals surface area contributed by atoms with Crippen LogP contribution in [0.4, 0.5) is 5.13 Å². The number of halogens is 1. The number of hydrogen-bond donors (Lipinski definition) is 1. The average molecular weight is 389 g/mol. The average Bonchev–Trinajstić information content (AvgIpc) is 2.99. The molecule has 6 heteroatoms. The van der Waals surface area contributed by atoms with Gasteiger partial charge in [-0.15, -0.1) is 0 Å². The van der Waals surface area contributed by atoms with Crippen molar-refractivity contribution in [2.24, 2.45) is 0 Å². The zero-order chi connectivity index (χ0) is 19.0. The third-order valence-corrected chi connectivity index (χ3v) is 5.94. The minimum atomic E-state index is -0.648. The van der Waals surface area contributed by atoms with Crippen LogP contribution in [0.2, 0.25) is 5.02 Å². The van der Waals surface area contributed by atoms with Gasteiger partial charge >= 0.3 is 0 Å². The Morgan fingerprint density at radius 2 is 1.81 bits per heavy atom. The molecule has 26 heavy (non-hydrogen) atoms. The molecular weight excluding hydrogens is 368 g/mol. The van der Waals surface area contributed by atoms with E-state index in [0.29, 0.717) is 10.9 Å². The maximum absolute atomic E-state index is 12.5. The molecule has 1 aromatic heterocycles. The van der Waals surface area contributed by atoms with E-state index in [4.69, 9.17) is 16.3 Å². The number of thiazole rings is 1. The number of benzene rings is 2. The molecule has 0 bridgehead atoms. The van der Waals surface area contributed by atoms with E-state index in [1.807, 2.05) is 39.0 Å². The summed E-state index contributed by atoms with van der Waals surface area (Å²) in [7, 11) is 0. The van der Waals surface area contributed by atoms with Gasteiger partial charge in [0.25, 0.3) is 5.91 Å². The number of aryl methyl sites for hydroxylation is 4. The number of nitrogens with one attached hydrogen (secondary N) is 1. The normalized spacial score (nSPS) is 12.2. The first-order valence-electron chi connectivity index (χ1n) is 8.37. The SMILES string of the molecule is Cc1cc(OC(C)C(=O)Nc2nc3c(C)c(C)ccc3s2)cc(C)c1Cl. The molecule has 0 aliphatic heterocycles. The summed E-state index contributed by atoms with van der Waals surface area (Å²) in [5.74, 6) is 0.395. The van der Waals surface area contributed by atoms with E-state index in [-0.39, 0.29) is 5.91 Å². The van der Waals surface area contributed by atoms with Crippen molar-refractivity contribution < 1.29 is 9.53 Å². The first-order chi connectivity index (χ1) is 12.3. The molecule has 1 atom stereocenters. The molecule has 0 saturated carbocycles. The highest BCUT2D eigenvalue weighted by atomic mass is 35.5. The summed E-state index contributed by atoms with van der Waals surface area (Å²) < 4.78 is 6.84. The number of aromatic nitrogens is 1. The highest BCUT2D eigenvalue weighted by molar-refractivity contribution is 7.22. The minimum Gasteiger partial charge on any atom is -0.481 e. The van der Waals surface area contributed by atoms with E-state index < -0.39 is 6.10 Å². The number of carbonyl (C=O) groups excluding carboxylic acids is 1. The first kappa shape index (κ1) is 18.7. The number of nitrogens with zero attached hydrogens (tertiary/aromatic N) is 1. The van der Waals surface area contributed by atoms with E-state index in [2.05, 4.69) is 23.3 Å². The fourth-order valence-corrected chi connectivity index (χ4v) is 3.76. The van der Waals surface area contributed by atoms with Crippen LogP contribution in [0.25, 0.3) is 10.2 Å². The molecule has 4 nitrogen and oxygen atoms in total. The molecule has 0 aliphatic carbocycles. The second-order valence-electron chi connectivity index (χ2n) is 6.49. The number of rotatable bonds is 4. The number of amides is 1. The van der Waals surface area contributed by atoms with E-state index >= 15 is 0 Å². The zero-order valence-electron chi connectivity index (χ0n) is 15.4. The Morgan fingerprint density at radius 1 is 1.15 bits per heavy atom. The Bertz CT molecular complexity index is 974. The van der Waals surface area contributed by atoms with Crippen molar-refractivity contribution in [2.75, 3.05) is 5.32 Å². The molecular formula is C20H21ClN2O2S. The predicted molar refractivity (Wildman–Crippen MR) is 109 cm³/mol. The number of ether oxygens (including phenoxy) is 1. The van der Waals surface area contributed by atoms with Gasteiger partial charge in [-0.05, 0) is 75.1 Å². The van der Waals surface area contributed by atoms with Crippen molar-refractivity contribution in [3.05, 3.63) is 51.5 Å². The van der Waals surface area contributed by atoms with E-state index in [9.17, 15) is 4.79 Å². The summed E-state index contributed by atoms with van der Waals surface area (Å²) >= 11 is 7.64. The van der Waals surface area contributed by atoms with Crippen molar-refractivity contribution in [1.29, 1.82) is 0 Å². The van der Waals surface area contributed by atoms with Crippen LogP contribution in [0.15, 0.2) is 24.3 Å². The standard InChI is InChI=1S/C20H21ClN2O2S/c1-10-6-7-16-18(13(10)4)22-20(26-16)23-19(24)14(5)25-15-8-11(2)17(21)12(3)9-15/h6-9,14H,1-5H3,(H,22,23,24). The van der Waals surface area contributed by atoms with E-state index in [0.717, 1.165) is 31.9 Å². The molecule has 3 aromatic rings. The number of fused-ring (bicyclic) bond motifs is 1. The highest BCUT2D eigenvalue weighted by Crippen LogP contribution is 2.30. The first-order valence-corrected chi connectivity index (χ1v) is 9.56. The monoisotopic (exact) mass is 388 g/mol. The van der Waals surface area contributed by atoms with Crippen molar-refractivity contribution in [3.63, 3.8) is 0 Å². The zero-order valence-corrected chi connectivity index (χ0v) is 17.0. The van der Waals surface area contributed by atoms with Crippen molar-refractivity contribution >= 4 is 44.2 Å². The van der Waals surface area contributed by atoms with Gasteiger partial charge < -0.3 is 4.74 Å². The summed E-state index contributed by atoms with van der Waals surface area (Å²) in [6, 6.07) is 7.77. The number of hydrogen-bond acceptors (Lipinski definition) is 4. The largest absolute Gasteiger partial charge is 0.481 e. The lowest BCUT2D eigenvalue weighted by molar-refractivity contribution is -0.122. The maximum Gasteiger partial charge on any atom is 0.266 e. The Labute approximate surface area is 162 Å². The lowest BCUT2D eigenvalue weighted by atomic mass is 10.1. The second-order valence-corrected chi connectivity index (χ2v) is 7.90. The van der Waals surface area contributed by atoms with Crippen LogP contribution < -0.4 is 10.1 Å². The fraction of sp³-hybridized carbons (Fsp3) is 0.300. The van der Waals surface area contributed by atoms with Gasteiger partial charge in [0.15, 0.2) is 11.2 Å². The van der Waals surface area contributed by atoms with Gasteiger partial charge in [0.05, 0.1) is 10.2 Å². The minimum absolute atomic E-state index is 0.233. The predicted octanol–water partition coefficient (Wildman–Crippen LogP) is 5.59. The molecule has 3 rings (SSSR count). The molecule has 136 valence electrons. The smallest absolute Gasteiger partial charge is 0.266 e. The van der Waals surface area contributed by atoms with Gasteiger partial charge in [-0.25, -0.2) is 4.98 Å². The summed E-state index contributed by atoms with van der Waals surface area (Å²) in [5, 5.41) is 4.15. The molecule has 0 aliphatic rings. The van der Waals surface area contributed by atoms with E-state index in [1.54, 1.807) is 6.92 Å². The summed E-state index contributed by atoms with van der Waals surface area (Å²) in [4.78, 5) is 17.0. The van der Waals surface area contributed by atoms with Crippen molar-refractivity contribution in [2.45, 2.75) is 40.7 Å². The van der Waals surface area contributed by atoms with Crippen LogP contribution in [0.5, 0.6) is 5.75 Å². The van der Waals surface area contributed by atoms with E-state index in [1.165, 1.54) is 16.9 Å². The Morgan fingerprint density at radius 3 is 2.46 bits per heavy atom. The maximum atomic E-state index is 12.5. The van der Waals surface area contributed by atoms with Crippen LogP contribution in [0, 0.1) is 27.7 Å². The van der Waals surface area contributed by atoms with Gasteiger partial charge in [-0.3, -0.25) is 10.1 Å². The van der Waals surface area contributed by atoms with Gasteiger partial charge in [-0.1, -0.05) is 29.0 Å². The van der Waals surface area contributed by atoms with Crippen LogP contribution >= 0.6 is 22.9 Å². The molecule has 1 heterocycles. The Kier molecular flexibility index (Phi) is 5.21. The topological polar surface area (TPSA) is 51.2 Å². The highest BCUT2D eigenvalue weighted by Gasteiger charge is 2.18. The molecule has 0 fully saturated rings. The van der Waals surface area contributed by atoms with Crippen LogP contribution in [0.3, 0.4) is 0 Å². The number of carbonyl (C=O) groups is 1. The quantitative estimate of drug-likeness (QED) is 0.633. The molecule has 0 radical (unpaired) electrons. The molecule has 0 spiro atoms. The van der Waals surface area contributed by atoms with Gasteiger partial charge in [0.2, 0.25) is 0 Å². The van der Waals surface area contributed by atoms with Crippen LogP contribution in [-0.2, 0) is 4.79 Å². The lowest BCUT2D eigenvalue weighted by Crippen LogP contribution is -2.30. The molecule has 2 aromatic carbocycles. The molecule has 1 unspecified atom stereocenters. The Balaban J connectivity index is 1.74. The van der Waals surface area contributed by atoms with Crippen LogP contribution in [-0.4, -0.2) is 17.0 Å². The molecule has 1 amide bonds. The summed E-state index contributed by atoms with van der Waals surface area (Å²) in [6.07, 6.45) is -0.648. The third kappa shape index (κ3) is 3.69.